The molecule has 25 heavy (non-hydrogen) atoms. The Morgan fingerprint density at radius 2 is 2.04 bits per heavy atom. The molecule has 0 amide bonds. The van der Waals surface area contributed by atoms with E-state index in [1.54, 1.807) is 22.3 Å². The van der Waals surface area contributed by atoms with E-state index in [-0.39, 0.29) is 18.1 Å². The minimum Gasteiger partial charge on any atom is -0.871 e. The van der Waals surface area contributed by atoms with Crippen LogP contribution in [0.25, 0.3) is 6.08 Å². The number of aliphatic hydroxyl groups is 1. The van der Waals surface area contributed by atoms with Gasteiger partial charge in [-0.05, 0) is 46.8 Å². The maximum atomic E-state index is 12.9. The number of thiophene rings is 2. The van der Waals surface area contributed by atoms with Crippen LogP contribution in [0, 0.1) is 0 Å². The van der Waals surface area contributed by atoms with E-state index in [4.69, 9.17) is 0 Å². The third-order valence-electron chi connectivity index (χ3n) is 4.31. The Hall–Kier alpha value is -2.28. The summed E-state index contributed by atoms with van der Waals surface area (Å²) in [4.78, 5) is 3.65. The van der Waals surface area contributed by atoms with E-state index in [9.17, 15) is 15.3 Å². The molecule has 2 aromatic heterocycles. The van der Waals surface area contributed by atoms with Gasteiger partial charge in [0, 0.05) is 21.7 Å². The van der Waals surface area contributed by atoms with Gasteiger partial charge in [0.05, 0.1) is 18.3 Å². The number of fused-ring (bicyclic) bond motifs is 1. The molecule has 1 unspecified atom stereocenters. The summed E-state index contributed by atoms with van der Waals surface area (Å²) in [6, 6.07) is 7.26. The summed E-state index contributed by atoms with van der Waals surface area (Å²) in [5.41, 5.74) is 1.60. The van der Waals surface area contributed by atoms with Gasteiger partial charge in [-0.25, -0.2) is 0 Å². The fourth-order valence-corrected chi connectivity index (χ4v) is 4.49. The van der Waals surface area contributed by atoms with Crippen LogP contribution in [0.5, 0.6) is 0 Å². The zero-order valence-corrected chi connectivity index (χ0v) is 14.8. The Kier molecular flexibility index (Phi) is 4.25. The van der Waals surface area contributed by atoms with Crippen LogP contribution in [-0.4, -0.2) is 22.7 Å². The maximum Gasteiger partial charge on any atom is 0.207 e. The van der Waals surface area contributed by atoms with E-state index in [1.165, 1.54) is 17.5 Å². The molecule has 1 N–H and O–H groups in total. The van der Waals surface area contributed by atoms with Crippen LogP contribution in [0.2, 0.25) is 0 Å². The van der Waals surface area contributed by atoms with E-state index < -0.39 is 6.04 Å². The Balaban J connectivity index is 1.74. The molecule has 0 saturated heterocycles. The lowest BCUT2D eigenvalue weighted by Gasteiger charge is -2.31. The van der Waals surface area contributed by atoms with Crippen LogP contribution in [0.3, 0.4) is 0 Å². The highest BCUT2D eigenvalue weighted by Gasteiger charge is 2.37. The van der Waals surface area contributed by atoms with Crippen molar-refractivity contribution >= 4 is 28.7 Å². The highest BCUT2D eigenvalue weighted by Crippen LogP contribution is 2.39. The minimum absolute atomic E-state index is 0.110. The van der Waals surface area contributed by atoms with Crippen molar-refractivity contribution in [2.75, 3.05) is 6.61 Å². The molecule has 127 valence electrons. The minimum atomic E-state index is -0.506. The van der Waals surface area contributed by atoms with Gasteiger partial charge >= 0.3 is 0 Å². The molecule has 2 aliphatic heterocycles. The molecule has 0 aromatic carbocycles. The van der Waals surface area contributed by atoms with Crippen molar-refractivity contribution in [1.29, 1.82) is 0 Å². The lowest BCUT2D eigenvalue weighted by Crippen LogP contribution is -2.32. The topological polar surface area (TPSA) is 66.4 Å². The van der Waals surface area contributed by atoms with Gasteiger partial charge in [0.1, 0.15) is 0 Å². The molecule has 6 heteroatoms. The van der Waals surface area contributed by atoms with Crippen LogP contribution in [-0.2, 0) is 11.5 Å². The molecule has 0 aliphatic carbocycles. The third-order valence-corrected chi connectivity index (χ3v) is 6.01. The second-order valence-corrected chi connectivity index (χ2v) is 7.87. The van der Waals surface area contributed by atoms with Gasteiger partial charge < -0.3 is 15.1 Å². The summed E-state index contributed by atoms with van der Waals surface area (Å²) in [5, 5.41) is 39.0. The number of aliphatic hydroxyl groups excluding tert-OH is 1. The van der Waals surface area contributed by atoms with Crippen molar-refractivity contribution in [3.05, 3.63) is 85.4 Å². The fraction of sp³-hybridized carbons (Fsp3) is 0.158. The van der Waals surface area contributed by atoms with E-state index >= 15 is 0 Å². The highest BCUT2D eigenvalue weighted by atomic mass is 32.1. The van der Waals surface area contributed by atoms with Crippen molar-refractivity contribution in [2.45, 2.75) is 12.5 Å². The third kappa shape index (κ3) is 2.93. The maximum absolute atomic E-state index is 12.9. The largest absolute Gasteiger partial charge is 0.871 e. The summed E-state index contributed by atoms with van der Waals surface area (Å²) in [6.07, 6.45) is 5.46. The first-order valence-electron chi connectivity index (χ1n) is 7.85. The average molecular weight is 369 g/mol. The van der Waals surface area contributed by atoms with Crippen molar-refractivity contribution in [3.63, 3.8) is 0 Å². The van der Waals surface area contributed by atoms with Crippen molar-refractivity contribution in [2.24, 2.45) is 0 Å². The summed E-state index contributed by atoms with van der Waals surface area (Å²) in [7, 11) is 0. The molecule has 2 aliphatic rings. The van der Waals surface area contributed by atoms with Crippen LogP contribution in [0.4, 0.5) is 0 Å². The molecule has 0 bridgehead atoms. The Labute approximate surface area is 153 Å². The number of hydrogen-bond acceptors (Lipinski definition) is 5. The van der Waals surface area contributed by atoms with Gasteiger partial charge in [-0.2, -0.15) is 0 Å². The predicted octanol–water partition coefficient (Wildman–Crippen LogP) is 2.90. The van der Waals surface area contributed by atoms with Gasteiger partial charge in [0.15, 0.2) is 0 Å². The Morgan fingerprint density at radius 3 is 2.72 bits per heavy atom. The molecule has 0 fully saturated rings. The Morgan fingerprint density at radius 1 is 1.24 bits per heavy atom. The first-order valence-corrected chi connectivity index (χ1v) is 9.61. The molecule has 1 radical (unpaired) electrons. The van der Waals surface area contributed by atoms with E-state index in [0.717, 1.165) is 9.75 Å². The van der Waals surface area contributed by atoms with E-state index in [0.29, 0.717) is 23.3 Å². The molecule has 0 saturated carbocycles. The molecule has 4 heterocycles. The van der Waals surface area contributed by atoms with Gasteiger partial charge in [-0.3, -0.25) is 5.11 Å². The van der Waals surface area contributed by atoms with Gasteiger partial charge in [-0.15, -0.1) is 22.7 Å². The van der Waals surface area contributed by atoms with Gasteiger partial charge in [0.25, 0.3) is 0 Å². The van der Waals surface area contributed by atoms with Crippen molar-refractivity contribution in [3.8, 4) is 0 Å². The first-order chi connectivity index (χ1) is 12.2. The molecule has 4 nitrogen and oxygen atoms in total. The molecular weight excluding hydrogens is 354 g/mol. The standard InChI is InChI=1S/C19H16NO3S2/c21-11-17-15(9-14-4-2-6-25-14)19(23)16-8-12(18(22)10-20(16)17)7-13-3-1-5-24-13/h1-6,8-10,17,21-22H,7,11H2/p-1/b15-9-. The van der Waals surface area contributed by atoms with Crippen LogP contribution < -0.4 is 5.11 Å². The number of rotatable bonds is 4. The van der Waals surface area contributed by atoms with E-state index in [1.807, 2.05) is 41.1 Å². The molecule has 1 atom stereocenters. The molecule has 4 rings (SSSR count). The lowest BCUT2D eigenvalue weighted by atomic mass is 10.1. The SMILES string of the molecule is [O]C1=C2C=C(Cc3cccs3)C([O-])=CN2C(CO)/C1=C/c1cccs1. The monoisotopic (exact) mass is 369 g/mol. The average Bonchev–Trinajstić information content (AvgIpc) is 3.33. The zero-order chi connectivity index (χ0) is 17.4. The normalized spacial score (nSPS) is 21.6. The molecule has 0 spiro atoms. The van der Waals surface area contributed by atoms with Gasteiger partial charge in [0.2, 0.25) is 5.76 Å². The summed E-state index contributed by atoms with van der Waals surface area (Å²) in [6.45, 7) is -0.218. The van der Waals surface area contributed by atoms with Crippen LogP contribution >= 0.6 is 22.7 Å². The summed E-state index contributed by atoms with van der Waals surface area (Å²) < 4.78 is 0. The van der Waals surface area contributed by atoms with Gasteiger partial charge in [-0.1, -0.05) is 17.9 Å². The molecular formula is C19H15NO3S2-. The molecule has 2 aromatic rings. The van der Waals surface area contributed by atoms with Crippen molar-refractivity contribution in [1.82, 2.24) is 4.90 Å². The van der Waals surface area contributed by atoms with Crippen molar-refractivity contribution < 1.29 is 15.3 Å². The quantitative estimate of drug-likeness (QED) is 0.901. The summed E-state index contributed by atoms with van der Waals surface area (Å²) in [5.74, 6) is -0.236. The van der Waals surface area contributed by atoms with Crippen LogP contribution in [0.1, 0.15) is 9.75 Å². The first kappa shape index (κ1) is 16.2. The second-order valence-electron chi connectivity index (χ2n) is 5.85. The lowest BCUT2D eigenvalue weighted by molar-refractivity contribution is -0.299. The Bertz CT molecular complexity index is 889. The second kappa shape index (κ2) is 6.55. The number of nitrogens with zero attached hydrogens (tertiary/aromatic N) is 1. The van der Waals surface area contributed by atoms with E-state index in [2.05, 4.69) is 0 Å². The zero-order valence-electron chi connectivity index (χ0n) is 13.2. The number of hydrogen-bond donors (Lipinski definition) is 1. The predicted molar refractivity (Wildman–Crippen MR) is 96.9 cm³/mol. The number of allylic oxidation sites excluding steroid dienone is 2. The summed E-state index contributed by atoms with van der Waals surface area (Å²) >= 11 is 3.12. The van der Waals surface area contributed by atoms with Crippen LogP contribution in [0.15, 0.2) is 75.7 Å². The smallest absolute Gasteiger partial charge is 0.207 e. The fourth-order valence-electron chi connectivity index (χ4n) is 3.09. The highest BCUT2D eigenvalue weighted by molar-refractivity contribution is 7.10.